The fraction of sp³-hybridized carbons (Fsp3) is 0.350. The number of aromatic nitrogens is 4. The lowest BCUT2D eigenvalue weighted by Crippen LogP contribution is -2.38. The highest BCUT2D eigenvalue weighted by Crippen LogP contribution is 2.29. The number of nitrogens with zero attached hydrogens (tertiary/aromatic N) is 5. The van der Waals surface area contributed by atoms with Gasteiger partial charge in [-0.05, 0) is 38.8 Å². The van der Waals surface area contributed by atoms with Crippen LogP contribution in [0.15, 0.2) is 36.1 Å². The summed E-state index contributed by atoms with van der Waals surface area (Å²) in [7, 11) is 0. The summed E-state index contributed by atoms with van der Waals surface area (Å²) >= 11 is 1.41. The monoisotopic (exact) mass is 394 g/mol. The van der Waals surface area contributed by atoms with E-state index in [1.807, 2.05) is 43.1 Å². The summed E-state index contributed by atoms with van der Waals surface area (Å²) in [4.78, 5) is 33.0. The molecule has 0 radical (unpaired) electrons. The number of anilines is 2. The molecular weight excluding hydrogens is 372 g/mol. The minimum absolute atomic E-state index is 0.0884. The number of hydrogen-bond donors (Lipinski definition) is 1. The second kappa shape index (κ2) is 8.02. The molecule has 0 bridgehead atoms. The smallest absolute Gasteiger partial charge is 0.265 e. The van der Waals surface area contributed by atoms with Crippen LogP contribution in [0, 0.1) is 13.8 Å². The summed E-state index contributed by atoms with van der Waals surface area (Å²) < 4.78 is 0. The number of nitrogens with one attached hydrogen (secondary N) is 1. The standard InChI is InChI=1S/C20H22N6OS/c1-13-4-3-5-17(23-13)25-18-11-21-10-16(24-18)15-6-8-26(9-7-15)20(27)19-14(2)22-12-28-19/h3-5,10-12,15H,6-9H2,1-2H3,(H,23,24,25). The molecule has 3 aromatic heterocycles. The maximum absolute atomic E-state index is 12.7. The summed E-state index contributed by atoms with van der Waals surface area (Å²) in [6.07, 6.45) is 5.29. The molecule has 4 rings (SSSR count). The van der Waals surface area contributed by atoms with Gasteiger partial charge in [0.1, 0.15) is 16.5 Å². The van der Waals surface area contributed by atoms with Gasteiger partial charge in [0.25, 0.3) is 5.91 Å². The molecule has 0 spiro atoms. The largest absolute Gasteiger partial charge is 0.338 e. The zero-order chi connectivity index (χ0) is 19.5. The molecule has 0 aromatic carbocycles. The Kier molecular flexibility index (Phi) is 5.29. The minimum atomic E-state index is 0.0884. The number of likely N-dealkylation sites (tertiary alicyclic amines) is 1. The van der Waals surface area contributed by atoms with Crippen LogP contribution in [-0.2, 0) is 0 Å². The first-order valence-corrected chi connectivity index (χ1v) is 10.2. The van der Waals surface area contributed by atoms with Crippen molar-refractivity contribution in [3.63, 3.8) is 0 Å². The van der Waals surface area contributed by atoms with Crippen LogP contribution in [-0.4, -0.2) is 43.8 Å². The van der Waals surface area contributed by atoms with E-state index >= 15 is 0 Å². The number of rotatable bonds is 4. The number of amides is 1. The molecule has 0 unspecified atom stereocenters. The van der Waals surface area contributed by atoms with Crippen LogP contribution in [0.1, 0.15) is 45.5 Å². The average molecular weight is 395 g/mol. The van der Waals surface area contributed by atoms with E-state index in [4.69, 9.17) is 4.98 Å². The van der Waals surface area contributed by atoms with Gasteiger partial charge in [0.2, 0.25) is 0 Å². The summed E-state index contributed by atoms with van der Waals surface area (Å²) in [5.41, 5.74) is 4.44. The normalized spacial score (nSPS) is 14.9. The third-order valence-electron chi connectivity index (χ3n) is 4.94. The van der Waals surface area contributed by atoms with Gasteiger partial charge in [-0.2, -0.15) is 0 Å². The number of hydrogen-bond acceptors (Lipinski definition) is 7. The van der Waals surface area contributed by atoms with Crippen LogP contribution >= 0.6 is 11.3 Å². The van der Waals surface area contributed by atoms with Crippen molar-refractivity contribution in [2.75, 3.05) is 18.4 Å². The van der Waals surface area contributed by atoms with Crippen LogP contribution in [0.2, 0.25) is 0 Å². The van der Waals surface area contributed by atoms with Crippen molar-refractivity contribution in [1.29, 1.82) is 0 Å². The second-order valence-electron chi connectivity index (χ2n) is 6.95. The predicted octanol–water partition coefficient (Wildman–Crippen LogP) is 3.71. The van der Waals surface area contributed by atoms with E-state index in [9.17, 15) is 4.79 Å². The highest BCUT2D eigenvalue weighted by atomic mass is 32.1. The van der Waals surface area contributed by atoms with Crippen molar-refractivity contribution in [3.8, 4) is 0 Å². The Balaban J connectivity index is 1.41. The molecule has 144 valence electrons. The number of piperidine rings is 1. The Labute approximate surface area is 167 Å². The van der Waals surface area contributed by atoms with Gasteiger partial charge in [-0.3, -0.25) is 9.78 Å². The molecule has 8 heteroatoms. The van der Waals surface area contributed by atoms with Crippen molar-refractivity contribution < 1.29 is 4.79 Å². The highest BCUT2D eigenvalue weighted by Gasteiger charge is 2.27. The molecule has 1 N–H and O–H groups in total. The summed E-state index contributed by atoms with van der Waals surface area (Å²) in [5, 5.41) is 3.22. The SMILES string of the molecule is Cc1cccc(Nc2cncc(C3CCN(C(=O)c4scnc4C)CC3)n2)n1. The van der Waals surface area contributed by atoms with Gasteiger partial charge in [0, 0.05) is 30.9 Å². The number of aryl methyl sites for hydroxylation is 2. The quantitative estimate of drug-likeness (QED) is 0.726. The minimum Gasteiger partial charge on any atom is -0.338 e. The summed E-state index contributed by atoms with van der Waals surface area (Å²) in [6, 6.07) is 5.82. The number of thiazole rings is 1. The Morgan fingerprint density at radius 3 is 2.68 bits per heavy atom. The van der Waals surface area contributed by atoms with Gasteiger partial charge in [0.15, 0.2) is 0 Å². The molecular formula is C20H22N6OS. The molecule has 4 heterocycles. The Morgan fingerprint density at radius 1 is 1.14 bits per heavy atom. The molecule has 3 aromatic rings. The van der Waals surface area contributed by atoms with E-state index in [1.54, 1.807) is 11.7 Å². The molecule has 1 aliphatic rings. The van der Waals surface area contributed by atoms with Gasteiger partial charge in [-0.1, -0.05) is 6.07 Å². The lowest BCUT2D eigenvalue weighted by molar-refractivity contribution is 0.0716. The van der Waals surface area contributed by atoms with Crippen LogP contribution in [0.4, 0.5) is 11.6 Å². The Hall–Kier alpha value is -2.87. The van der Waals surface area contributed by atoms with Crippen LogP contribution in [0.25, 0.3) is 0 Å². The van der Waals surface area contributed by atoms with Crippen LogP contribution in [0.3, 0.4) is 0 Å². The molecule has 0 aliphatic carbocycles. The predicted molar refractivity (Wildman–Crippen MR) is 109 cm³/mol. The number of pyridine rings is 1. The molecule has 1 aliphatic heterocycles. The zero-order valence-corrected chi connectivity index (χ0v) is 16.7. The van der Waals surface area contributed by atoms with E-state index in [0.29, 0.717) is 11.7 Å². The highest BCUT2D eigenvalue weighted by molar-refractivity contribution is 7.11. The molecule has 1 fully saturated rings. The van der Waals surface area contributed by atoms with Crippen molar-refractivity contribution >= 4 is 28.9 Å². The topological polar surface area (TPSA) is 83.9 Å². The van der Waals surface area contributed by atoms with Crippen molar-refractivity contribution in [1.82, 2.24) is 24.8 Å². The van der Waals surface area contributed by atoms with Gasteiger partial charge < -0.3 is 10.2 Å². The molecule has 28 heavy (non-hydrogen) atoms. The first kappa shape index (κ1) is 18.5. The molecule has 1 amide bonds. The van der Waals surface area contributed by atoms with E-state index < -0.39 is 0 Å². The molecule has 0 saturated carbocycles. The zero-order valence-electron chi connectivity index (χ0n) is 15.9. The lowest BCUT2D eigenvalue weighted by atomic mass is 9.93. The lowest BCUT2D eigenvalue weighted by Gasteiger charge is -2.31. The van der Waals surface area contributed by atoms with Crippen molar-refractivity contribution in [2.24, 2.45) is 0 Å². The van der Waals surface area contributed by atoms with Crippen LogP contribution in [0.5, 0.6) is 0 Å². The second-order valence-corrected chi connectivity index (χ2v) is 7.81. The molecule has 0 atom stereocenters. The average Bonchev–Trinajstić information content (AvgIpc) is 3.14. The van der Waals surface area contributed by atoms with E-state index in [2.05, 4.69) is 20.3 Å². The summed E-state index contributed by atoms with van der Waals surface area (Å²) in [6.45, 7) is 5.28. The first-order valence-electron chi connectivity index (χ1n) is 9.32. The Bertz CT molecular complexity index is 980. The van der Waals surface area contributed by atoms with E-state index in [0.717, 1.165) is 53.7 Å². The summed E-state index contributed by atoms with van der Waals surface area (Å²) in [5.74, 6) is 1.83. The first-order chi connectivity index (χ1) is 13.6. The van der Waals surface area contributed by atoms with E-state index in [1.165, 1.54) is 11.3 Å². The fourth-order valence-corrected chi connectivity index (χ4v) is 4.18. The third kappa shape index (κ3) is 4.01. The molecule has 1 saturated heterocycles. The maximum Gasteiger partial charge on any atom is 0.265 e. The van der Waals surface area contributed by atoms with Crippen LogP contribution < -0.4 is 5.32 Å². The molecule has 7 nitrogen and oxygen atoms in total. The van der Waals surface area contributed by atoms with Crippen molar-refractivity contribution in [2.45, 2.75) is 32.6 Å². The fourth-order valence-electron chi connectivity index (χ4n) is 3.41. The third-order valence-corrected chi connectivity index (χ3v) is 5.85. The maximum atomic E-state index is 12.7. The van der Waals surface area contributed by atoms with Gasteiger partial charge >= 0.3 is 0 Å². The van der Waals surface area contributed by atoms with Crippen molar-refractivity contribution in [3.05, 3.63) is 58.1 Å². The van der Waals surface area contributed by atoms with Gasteiger partial charge in [0.05, 0.1) is 23.1 Å². The van der Waals surface area contributed by atoms with Gasteiger partial charge in [-0.15, -0.1) is 11.3 Å². The van der Waals surface area contributed by atoms with Gasteiger partial charge in [-0.25, -0.2) is 15.0 Å². The number of carbonyl (C=O) groups excluding carboxylic acids is 1. The number of carbonyl (C=O) groups is 1. The Morgan fingerprint density at radius 2 is 1.96 bits per heavy atom. The van der Waals surface area contributed by atoms with E-state index in [-0.39, 0.29) is 5.91 Å².